The van der Waals surface area contributed by atoms with Crippen LogP contribution in [-0.4, -0.2) is 15.9 Å². The summed E-state index contributed by atoms with van der Waals surface area (Å²) < 4.78 is 6.36. The first-order valence-electron chi connectivity index (χ1n) is 17.5. The van der Waals surface area contributed by atoms with Crippen molar-refractivity contribution in [2.75, 3.05) is 0 Å². The van der Waals surface area contributed by atoms with E-state index in [1.54, 1.807) is 0 Å². The van der Waals surface area contributed by atoms with E-state index in [-0.39, 0.29) is 43.5 Å². The molecule has 0 bridgehead atoms. The predicted molar refractivity (Wildman–Crippen MR) is 192 cm³/mol. The number of aromatic nitrogens is 1. The van der Waals surface area contributed by atoms with Gasteiger partial charge in [-0.25, -0.2) is 0 Å². The SMILES string of the molecule is CC(C)c1[c-]c(-c2nccc3cc(C4CCCC4)ccc23)c2oc3ccccc3c2c1.CCC(CC)C(=O)/C=C(\O)C(CC)CC.[Ir]. The molecule has 1 fully saturated rings. The van der Waals surface area contributed by atoms with Crippen molar-refractivity contribution in [3.63, 3.8) is 0 Å². The quantitative estimate of drug-likeness (QED) is 0.0867. The van der Waals surface area contributed by atoms with E-state index in [0.717, 1.165) is 58.9 Å². The van der Waals surface area contributed by atoms with Gasteiger partial charge in [-0.3, -0.25) is 4.79 Å². The van der Waals surface area contributed by atoms with Crippen LogP contribution < -0.4 is 0 Å². The van der Waals surface area contributed by atoms with Gasteiger partial charge in [0, 0.05) is 49.6 Å². The number of ketones is 1. The summed E-state index contributed by atoms with van der Waals surface area (Å²) in [5, 5.41) is 14.5. The number of allylic oxidation sites excluding steroid dienone is 2. The predicted octanol–water partition coefficient (Wildman–Crippen LogP) is 12.2. The molecular weight excluding hydrogens is 759 g/mol. The van der Waals surface area contributed by atoms with Crippen LogP contribution in [0.5, 0.6) is 0 Å². The van der Waals surface area contributed by atoms with Gasteiger partial charge < -0.3 is 14.5 Å². The third-order valence-corrected chi connectivity index (χ3v) is 9.99. The summed E-state index contributed by atoms with van der Waals surface area (Å²) in [5.74, 6) is 1.63. The van der Waals surface area contributed by atoms with E-state index in [9.17, 15) is 9.90 Å². The van der Waals surface area contributed by atoms with Crippen molar-refractivity contribution < 1.29 is 34.4 Å². The van der Waals surface area contributed by atoms with Crippen molar-refractivity contribution in [2.45, 2.75) is 105 Å². The molecule has 0 spiro atoms. The van der Waals surface area contributed by atoms with E-state index in [0.29, 0.717) is 11.8 Å². The first-order chi connectivity index (χ1) is 22.3. The average Bonchev–Trinajstić information content (AvgIpc) is 3.74. The summed E-state index contributed by atoms with van der Waals surface area (Å²) in [6, 6.07) is 23.3. The van der Waals surface area contributed by atoms with E-state index < -0.39 is 0 Å². The number of carbonyl (C=O) groups excluding carboxylic acids is 1. The standard InChI is InChI=1S/C29H26NO.C13H24O2.Ir/c1-18(2)22-16-25-24-9-5-6-10-27(24)31-29(25)26(17-22)28-23-12-11-20(19-7-3-4-8-19)15-21(23)13-14-30-28;1-5-10(6-2)12(14)9-13(15)11(7-3)8-4;/h5-6,9-16,18-19H,3-4,7-8H2,1-2H3;9-11,14H,5-8H2,1-4H3;/q-1;;/b;12-9-;. The molecule has 1 N–H and O–H groups in total. The second-order valence-electron chi connectivity index (χ2n) is 13.2. The molecule has 1 aliphatic carbocycles. The maximum absolute atomic E-state index is 11.7. The van der Waals surface area contributed by atoms with Gasteiger partial charge in [-0.1, -0.05) is 102 Å². The van der Waals surface area contributed by atoms with Gasteiger partial charge in [-0.2, -0.15) is 0 Å². The summed E-state index contributed by atoms with van der Waals surface area (Å²) in [5.41, 5.74) is 6.38. The minimum atomic E-state index is 0. The minimum Gasteiger partial charge on any atom is -0.512 e. The molecular formula is C42H50IrNO3-. The Hall–Kier alpha value is -3.27. The molecule has 5 heteroatoms. The molecule has 2 heterocycles. The molecule has 2 aromatic heterocycles. The third kappa shape index (κ3) is 8.07. The van der Waals surface area contributed by atoms with Gasteiger partial charge in [-0.05, 0) is 84.5 Å². The van der Waals surface area contributed by atoms with Gasteiger partial charge in [0.2, 0.25) is 0 Å². The van der Waals surface area contributed by atoms with Crippen LogP contribution in [0, 0.1) is 17.9 Å². The monoisotopic (exact) mass is 809 g/mol. The molecule has 0 aliphatic heterocycles. The Kier molecular flexibility index (Phi) is 13.0. The zero-order valence-corrected chi connectivity index (χ0v) is 31.3. The summed E-state index contributed by atoms with van der Waals surface area (Å²) in [6.45, 7) is 12.5. The average molecular weight is 809 g/mol. The van der Waals surface area contributed by atoms with Crippen LogP contribution in [0.3, 0.4) is 0 Å². The van der Waals surface area contributed by atoms with Crippen molar-refractivity contribution in [3.05, 3.63) is 89.8 Å². The number of rotatable bonds is 10. The molecule has 0 atom stereocenters. The van der Waals surface area contributed by atoms with Gasteiger partial charge in [0.05, 0.1) is 11.3 Å². The van der Waals surface area contributed by atoms with Crippen LogP contribution >= 0.6 is 0 Å². The Balaban J connectivity index is 0.000000269. The van der Waals surface area contributed by atoms with Crippen molar-refractivity contribution in [3.8, 4) is 11.3 Å². The van der Waals surface area contributed by atoms with E-state index in [4.69, 9.17) is 9.40 Å². The minimum absolute atomic E-state index is 0. The Morgan fingerprint density at radius 2 is 1.60 bits per heavy atom. The van der Waals surface area contributed by atoms with Gasteiger partial charge in [0.25, 0.3) is 0 Å². The molecule has 0 saturated heterocycles. The third-order valence-electron chi connectivity index (χ3n) is 9.99. The summed E-state index contributed by atoms with van der Waals surface area (Å²) in [4.78, 5) is 16.5. The van der Waals surface area contributed by atoms with Gasteiger partial charge in [0.15, 0.2) is 5.78 Å². The fourth-order valence-electron chi connectivity index (χ4n) is 6.95. The number of hydrogen-bond acceptors (Lipinski definition) is 4. The number of aliphatic hydroxyl groups is 1. The molecule has 4 nitrogen and oxygen atoms in total. The molecule has 1 saturated carbocycles. The fourth-order valence-corrected chi connectivity index (χ4v) is 6.95. The van der Waals surface area contributed by atoms with Crippen LogP contribution in [0.4, 0.5) is 0 Å². The normalized spacial score (nSPS) is 13.9. The first kappa shape index (κ1) is 36.6. The van der Waals surface area contributed by atoms with Crippen LogP contribution in [0.2, 0.25) is 0 Å². The molecule has 3 aromatic carbocycles. The number of hydrogen-bond donors (Lipinski definition) is 1. The van der Waals surface area contributed by atoms with Crippen molar-refractivity contribution in [1.29, 1.82) is 0 Å². The Labute approximate surface area is 294 Å². The number of benzene rings is 3. The number of carbonyl (C=O) groups is 1. The van der Waals surface area contributed by atoms with E-state index >= 15 is 0 Å². The molecule has 251 valence electrons. The molecule has 1 aliphatic rings. The van der Waals surface area contributed by atoms with E-state index in [1.807, 2.05) is 46.0 Å². The van der Waals surface area contributed by atoms with Gasteiger partial charge in [-0.15, -0.1) is 17.7 Å². The Bertz CT molecular complexity index is 1820. The topological polar surface area (TPSA) is 63.3 Å². The summed E-state index contributed by atoms with van der Waals surface area (Å²) >= 11 is 0. The second-order valence-corrected chi connectivity index (χ2v) is 13.2. The van der Waals surface area contributed by atoms with Crippen LogP contribution in [0.15, 0.2) is 77.0 Å². The molecule has 47 heavy (non-hydrogen) atoms. The molecule has 6 rings (SSSR count). The molecule has 0 amide bonds. The Morgan fingerprint density at radius 1 is 0.915 bits per heavy atom. The smallest absolute Gasteiger partial charge is 0.162 e. The van der Waals surface area contributed by atoms with Crippen molar-refractivity contribution >= 4 is 38.5 Å². The summed E-state index contributed by atoms with van der Waals surface area (Å²) in [6.07, 6.45) is 12.2. The number of fused-ring (bicyclic) bond motifs is 4. The molecule has 1 radical (unpaired) electrons. The van der Waals surface area contributed by atoms with Crippen LogP contribution in [0.1, 0.15) is 116 Å². The maximum atomic E-state index is 11.7. The number of para-hydroxylation sites is 1. The van der Waals surface area contributed by atoms with Crippen molar-refractivity contribution in [2.24, 2.45) is 11.8 Å². The zero-order chi connectivity index (χ0) is 32.8. The van der Waals surface area contributed by atoms with Gasteiger partial charge in [0.1, 0.15) is 5.58 Å². The number of nitrogens with zero attached hydrogens (tertiary/aromatic N) is 1. The largest absolute Gasteiger partial charge is 0.512 e. The number of pyridine rings is 1. The van der Waals surface area contributed by atoms with Crippen LogP contribution in [0.25, 0.3) is 44.0 Å². The zero-order valence-electron chi connectivity index (χ0n) is 28.9. The second kappa shape index (κ2) is 16.7. The van der Waals surface area contributed by atoms with Crippen LogP contribution in [-0.2, 0) is 24.9 Å². The number of furan rings is 1. The maximum Gasteiger partial charge on any atom is 0.162 e. The summed E-state index contributed by atoms with van der Waals surface area (Å²) in [7, 11) is 0. The van der Waals surface area contributed by atoms with E-state index in [1.165, 1.54) is 53.7 Å². The van der Waals surface area contributed by atoms with E-state index in [2.05, 4.69) is 62.4 Å². The van der Waals surface area contributed by atoms with Gasteiger partial charge >= 0.3 is 0 Å². The number of aliphatic hydroxyl groups excluding tert-OH is 1. The molecule has 0 unspecified atom stereocenters. The first-order valence-corrected chi connectivity index (χ1v) is 17.5. The molecule has 5 aromatic rings. The van der Waals surface area contributed by atoms with Crippen molar-refractivity contribution in [1.82, 2.24) is 4.98 Å². The Morgan fingerprint density at radius 3 is 2.26 bits per heavy atom. The fraction of sp³-hybridized carbons (Fsp3) is 0.429.